The van der Waals surface area contributed by atoms with Gasteiger partial charge in [-0.25, -0.2) is 12.8 Å². The minimum atomic E-state index is -3.70. The van der Waals surface area contributed by atoms with Gasteiger partial charge in [-0.3, -0.25) is 4.79 Å². The first-order valence-electron chi connectivity index (χ1n) is 9.60. The van der Waals surface area contributed by atoms with Gasteiger partial charge in [-0.1, -0.05) is 11.6 Å². The van der Waals surface area contributed by atoms with Gasteiger partial charge in [-0.05, 0) is 30.3 Å². The second-order valence-electron chi connectivity index (χ2n) is 6.95. The molecule has 2 aromatic rings. The van der Waals surface area contributed by atoms with Gasteiger partial charge in [0.25, 0.3) is 0 Å². The molecule has 0 radical (unpaired) electrons. The van der Waals surface area contributed by atoms with E-state index in [4.69, 9.17) is 21.1 Å². The standard InChI is InChI=1S/C20H20ClFN2O5S2/c21-16-11-14(1-3-17(16)22)30-13-20(25)23-5-7-24(8-6-23)31(26,27)15-2-4-18-19(12-15)29-10-9-28-18/h1-4,11-12H,5-10,13H2. The van der Waals surface area contributed by atoms with Crippen molar-refractivity contribution in [2.75, 3.05) is 45.1 Å². The molecule has 2 aromatic carbocycles. The number of carbonyl (C=O) groups is 1. The number of carbonyl (C=O) groups excluding carboxylic acids is 1. The summed E-state index contributed by atoms with van der Waals surface area (Å²) < 4.78 is 51.5. The fourth-order valence-electron chi connectivity index (χ4n) is 3.31. The molecule has 166 valence electrons. The van der Waals surface area contributed by atoms with Crippen LogP contribution < -0.4 is 9.47 Å². The third-order valence-corrected chi connectivity index (χ3v) is 8.16. The molecule has 1 fully saturated rings. The highest BCUT2D eigenvalue weighted by molar-refractivity contribution is 8.00. The zero-order valence-electron chi connectivity index (χ0n) is 16.4. The second kappa shape index (κ2) is 9.23. The first kappa shape index (κ1) is 22.2. The van der Waals surface area contributed by atoms with Gasteiger partial charge in [0.1, 0.15) is 19.0 Å². The molecule has 4 rings (SSSR count). The normalized spacial score (nSPS) is 16.9. The Labute approximate surface area is 189 Å². The topological polar surface area (TPSA) is 76.2 Å². The lowest BCUT2D eigenvalue weighted by Crippen LogP contribution is -2.50. The number of hydrogen-bond donors (Lipinski definition) is 0. The number of rotatable bonds is 5. The van der Waals surface area contributed by atoms with Crippen molar-refractivity contribution in [3.8, 4) is 11.5 Å². The van der Waals surface area contributed by atoms with Gasteiger partial charge in [-0.15, -0.1) is 11.8 Å². The van der Waals surface area contributed by atoms with E-state index in [9.17, 15) is 17.6 Å². The summed E-state index contributed by atoms with van der Waals surface area (Å²) in [6.45, 7) is 1.81. The molecular formula is C20H20ClFN2O5S2. The van der Waals surface area contributed by atoms with Crippen LogP contribution in [-0.4, -0.2) is 68.7 Å². The van der Waals surface area contributed by atoms with Gasteiger partial charge in [0, 0.05) is 37.1 Å². The minimum absolute atomic E-state index is 0.00964. The zero-order chi connectivity index (χ0) is 22.0. The van der Waals surface area contributed by atoms with Crippen LogP contribution in [0.2, 0.25) is 5.02 Å². The average molecular weight is 487 g/mol. The number of sulfonamides is 1. The number of fused-ring (bicyclic) bond motifs is 1. The molecule has 2 aliphatic rings. The molecule has 0 aromatic heterocycles. The lowest BCUT2D eigenvalue weighted by molar-refractivity contribution is -0.129. The Morgan fingerprint density at radius 2 is 1.74 bits per heavy atom. The maximum Gasteiger partial charge on any atom is 0.243 e. The first-order chi connectivity index (χ1) is 14.8. The summed E-state index contributed by atoms with van der Waals surface area (Å²) in [6.07, 6.45) is 0. The van der Waals surface area contributed by atoms with Gasteiger partial charge in [-0.2, -0.15) is 4.31 Å². The minimum Gasteiger partial charge on any atom is -0.486 e. The average Bonchev–Trinajstić information content (AvgIpc) is 2.79. The quantitative estimate of drug-likeness (QED) is 0.605. The SMILES string of the molecule is O=C(CSc1ccc(F)c(Cl)c1)N1CCN(S(=O)(=O)c2ccc3c(c2)OCCO3)CC1. The van der Waals surface area contributed by atoms with Crippen molar-refractivity contribution >= 4 is 39.3 Å². The van der Waals surface area contributed by atoms with Crippen molar-refractivity contribution in [2.24, 2.45) is 0 Å². The molecule has 0 aliphatic carbocycles. The van der Waals surface area contributed by atoms with Crippen molar-refractivity contribution in [2.45, 2.75) is 9.79 Å². The molecule has 11 heteroatoms. The van der Waals surface area contributed by atoms with Crippen molar-refractivity contribution in [1.29, 1.82) is 0 Å². The van der Waals surface area contributed by atoms with Crippen LogP contribution in [0.5, 0.6) is 11.5 Å². The maximum atomic E-state index is 13.2. The summed E-state index contributed by atoms with van der Waals surface area (Å²) >= 11 is 7.03. The summed E-state index contributed by atoms with van der Waals surface area (Å²) in [5, 5.41) is 0.00964. The van der Waals surface area contributed by atoms with E-state index < -0.39 is 15.8 Å². The molecule has 0 saturated carbocycles. The Hall–Kier alpha value is -2.01. The number of ether oxygens (including phenoxy) is 2. The largest absolute Gasteiger partial charge is 0.486 e. The lowest BCUT2D eigenvalue weighted by Gasteiger charge is -2.34. The number of halogens is 2. The third kappa shape index (κ3) is 4.92. The van der Waals surface area contributed by atoms with Crippen LogP contribution in [0.25, 0.3) is 0 Å². The van der Waals surface area contributed by atoms with Gasteiger partial charge < -0.3 is 14.4 Å². The summed E-state index contributed by atoms with van der Waals surface area (Å²) in [4.78, 5) is 15.0. The van der Waals surface area contributed by atoms with Crippen LogP contribution in [0.4, 0.5) is 4.39 Å². The molecule has 0 atom stereocenters. The van der Waals surface area contributed by atoms with Crippen LogP contribution in [0.15, 0.2) is 46.2 Å². The van der Waals surface area contributed by atoms with E-state index in [2.05, 4.69) is 0 Å². The number of nitrogens with zero attached hydrogens (tertiary/aromatic N) is 2. The molecule has 0 spiro atoms. The molecule has 0 unspecified atom stereocenters. The summed E-state index contributed by atoms with van der Waals surface area (Å²) in [6, 6.07) is 8.89. The summed E-state index contributed by atoms with van der Waals surface area (Å²) in [7, 11) is -3.70. The predicted octanol–water partition coefficient (Wildman–Crippen LogP) is 2.88. The van der Waals surface area contributed by atoms with E-state index in [-0.39, 0.29) is 34.7 Å². The number of benzene rings is 2. The van der Waals surface area contributed by atoms with Crippen molar-refractivity contribution in [3.63, 3.8) is 0 Å². The first-order valence-corrected chi connectivity index (χ1v) is 12.4. The molecule has 0 N–H and O–H groups in total. The number of amides is 1. The van der Waals surface area contributed by atoms with Gasteiger partial charge >= 0.3 is 0 Å². The van der Waals surface area contributed by atoms with Crippen LogP contribution in [0.1, 0.15) is 0 Å². The number of thioether (sulfide) groups is 1. The van der Waals surface area contributed by atoms with Crippen molar-refractivity contribution in [1.82, 2.24) is 9.21 Å². The van der Waals surface area contributed by atoms with E-state index in [0.29, 0.717) is 42.7 Å². The highest BCUT2D eigenvalue weighted by atomic mass is 35.5. The molecule has 1 amide bonds. The van der Waals surface area contributed by atoms with E-state index in [1.165, 1.54) is 40.3 Å². The van der Waals surface area contributed by atoms with Crippen LogP contribution >= 0.6 is 23.4 Å². The molecule has 31 heavy (non-hydrogen) atoms. The third-order valence-electron chi connectivity index (χ3n) is 5.00. The Morgan fingerprint density at radius 3 is 2.45 bits per heavy atom. The smallest absolute Gasteiger partial charge is 0.243 e. The van der Waals surface area contributed by atoms with Crippen molar-refractivity contribution < 1.29 is 27.1 Å². The van der Waals surface area contributed by atoms with Crippen LogP contribution in [0, 0.1) is 5.82 Å². The molecule has 1 saturated heterocycles. The van der Waals surface area contributed by atoms with Crippen LogP contribution in [-0.2, 0) is 14.8 Å². The van der Waals surface area contributed by atoms with E-state index in [0.717, 1.165) is 0 Å². The van der Waals surface area contributed by atoms with Gasteiger partial charge in [0.2, 0.25) is 15.9 Å². The van der Waals surface area contributed by atoms with Crippen molar-refractivity contribution in [3.05, 3.63) is 47.2 Å². The fraction of sp³-hybridized carbons (Fsp3) is 0.350. The highest BCUT2D eigenvalue weighted by Crippen LogP contribution is 2.33. The lowest BCUT2D eigenvalue weighted by atomic mass is 10.3. The monoisotopic (exact) mass is 486 g/mol. The molecule has 2 heterocycles. The van der Waals surface area contributed by atoms with Crippen LogP contribution in [0.3, 0.4) is 0 Å². The zero-order valence-corrected chi connectivity index (χ0v) is 18.8. The summed E-state index contributed by atoms with van der Waals surface area (Å²) in [5.41, 5.74) is 0. The Kier molecular flexibility index (Phi) is 6.61. The number of piperazine rings is 1. The number of hydrogen-bond acceptors (Lipinski definition) is 6. The molecule has 7 nitrogen and oxygen atoms in total. The second-order valence-corrected chi connectivity index (χ2v) is 10.3. The molecule has 2 aliphatic heterocycles. The van der Waals surface area contributed by atoms with E-state index in [1.54, 1.807) is 17.0 Å². The Bertz CT molecular complexity index is 1090. The Balaban J connectivity index is 1.34. The van der Waals surface area contributed by atoms with E-state index in [1.807, 2.05) is 0 Å². The summed E-state index contributed by atoms with van der Waals surface area (Å²) in [5.74, 6) is 0.491. The molecule has 0 bridgehead atoms. The maximum absolute atomic E-state index is 13.2. The Morgan fingerprint density at radius 1 is 1.03 bits per heavy atom. The van der Waals surface area contributed by atoms with Gasteiger partial charge in [0.15, 0.2) is 11.5 Å². The van der Waals surface area contributed by atoms with Gasteiger partial charge in [0.05, 0.1) is 15.7 Å². The highest BCUT2D eigenvalue weighted by Gasteiger charge is 2.31. The van der Waals surface area contributed by atoms with E-state index >= 15 is 0 Å². The predicted molar refractivity (Wildman–Crippen MR) is 115 cm³/mol. The molecular weight excluding hydrogens is 467 g/mol. The fourth-order valence-corrected chi connectivity index (χ4v) is 5.84.